The second-order valence-electron chi connectivity index (χ2n) is 3.73. The van der Waals surface area contributed by atoms with Crippen LogP contribution in [0.2, 0.25) is 5.02 Å². The van der Waals surface area contributed by atoms with Gasteiger partial charge in [0.2, 0.25) is 10.0 Å². The number of halogens is 1. The summed E-state index contributed by atoms with van der Waals surface area (Å²) in [5.74, 6) is 0.00591. The summed E-state index contributed by atoms with van der Waals surface area (Å²) in [7, 11) is -0.188. The van der Waals surface area contributed by atoms with Gasteiger partial charge in [0, 0.05) is 20.6 Å². The molecule has 0 spiro atoms. The van der Waals surface area contributed by atoms with Gasteiger partial charge in [0.15, 0.2) is 0 Å². The molecule has 1 aromatic carbocycles. The molecule has 0 saturated carbocycles. The molecule has 17 heavy (non-hydrogen) atoms. The molecule has 0 bridgehead atoms. The fourth-order valence-electron chi connectivity index (χ4n) is 1.19. The maximum Gasteiger partial charge on any atom is 0.215 e. The average molecular weight is 278 g/mol. The van der Waals surface area contributed by atoms with E-state index in [1.54, 1.807) is 18.2 Å². The van der Waals surface area contributed by atoms with Gasteiger partial charge >= 0.3 is 0 Å². The molecule has 1 rings (SSSR count). The molecule has 0 heterocycles. The highest BCUT2D eigenvalue weighted by Gasteiger charge is 2.13. The number of sulfonamides is 1. The van der Waals surface area contributed by atoms with Crippen molar-refractivity contribution in [3.8, 4) is 0 Å². The molecule has 5 nitrogen and oxygen atoms in total. The minimum absolute atomic E-state index is 0.00591. The van der Waals surface area contributed by atoms with Gasteiger partial charge in [-0.1, -0.05) is 17.7 Å². The average Bonchev–Trinajstić information content (AvgIpc) is 2.24. The van der Waals surface area contributed by atoms with E-state index in [0.717, 1.165) is 0 Å². The van der Waals surface area contributed by atoms with Crippen molar-refractivity contribution in [1.29, 1.82) is 0 Å². The third-order valence-electron chi connectivity index (χ3n) is 2.28. The monoisotopic (exact) mass is 277 g/mol. The van der Waals surface area contributed by atoms with E-state index in [-0.39, 0.29) is 12.3 Å². The normalized spacial score (nSPS) is 11.8. The molecular formula is C10H16ClN3O2S. The SMILES string of the molecule is CN(C)S(=O)(=O)CCNc1cccc(Cl)c1N. The van der Waals surface area contributed by atoms with E-state index in [2.05, 4.69) is 5.32 Å². The predicted octanol–water partition coefficient (Wildman–Crippen LogP) is 1.23. The zero-order valence-electron chi connectivity index (χ0n) is 9.77. The number of hydrogen-bond acceptors (Lipinski definition) is 4. The minimum Gasteiger partial charge on any atom is -0.396 e. The Morgan fingerprint density at radius 1 is 1.41 bits per heavy atom. The Bertz CT molecular complexity index is 488. The Balaban J connectivity index is 2.61. The van der Waals surface area contributed by atoms with Crippen molar-refractivity contribution in [2.45, 2.75) is 0 Å². The molecule has 0 aliphatic heterocycles. The highest BCUT2D eigenvalue weighted by molar-refractivity contribution is 7.89. The van der Waals surface area contributed by atoms with Crippen LogP contribution in [0.4, 0.5) is 11.4 Å². The van der Waals surface area contributed by atoms with Crippen molar-refractivity contribution in [2.24, 2.45) is 0 Å². The summed E-state index contributed by atoms with van der Waals surface area (Å²) in [5, 5.41) is 3.40. The van der Waals surface area contributed by atoms with Gasteiger partial charge in [0.25, 0.3) is 0 Å². The Labute approximate surface area is 107 Å². The highest BCUT2D eigenvalue weighted by Crippen LogP contribution is 2.26. The van der Waals surface area contributed by atoms with E-state index in [1.165, 1.54) is 18.4 Å². The minimum atomic E-state index is -3.19. The fraction of sp³-hybridized carbons (Fsp3) is 0.400. The number of hydrogen-bond donors (Lipinski definition) is 2. The standard InChI is InChI=1S/C10H16ClN3O2S/c1-14(2)17(15,16)7-6-13-9-5-3-4-8(11)10(9)12/h3-5,13H,6-7,12H2,1-2H3. The van der Waals surface area contributed by atoms with Crippen LogP contribution in [-0.2, 0) is 10.0 Å². The molecule has 0 unspecified atom stereocenters. The summed E-state index contributed by atoms with van der Waals surface area (Å²) in [6.45, 7) is 0.283. The second-order valence-corrected chi connectivity index (χ2v) is 6.44. The Morgan fingerprint density at radius 2 is 2.06 bits per heavy atom. The summed E-state index contributed by atoms with van der Waals surface area (Å²) < 4.78 is 24.2. The highest BCUT2D eigenvalue weighted by atomic mass is 35.5. The first-order chi connectivity index (χ1) is 7.84. The van der Waals surface area contributed by atoms with Gasteiger partial charge in [0.1, 0.15) is 0 Å². The maximum absolute atomic E-state index is 11.5. The molecule has 0 aromatic heterocycles. The van der Waals surface area contributed by atoms with Crippen LogP contribution in [0.5, 0.6) is 0 Å². The first-order valence-electron chi connectivity index (χ1n) is 5.02. The molecular weight excluding hydrogens is 262 g/mol. The summed E-state index contributed by atoms with van der Waals surface area (Å²) in [6, 6.07) is 5.18. The van der Waals surface area contributed by atoms with Crippen LogP contribution in [0.25, 0.3) is 0 Å². The summed E-state index contributed by atoms with van der Waals surface area (Å²) in [5.41, 5.74) is 6.81. The lowest BCUT2D eigenvalue weighted by Crippen LogP contribution is -2.28. The van der Waals surface area contributed by atoms with Crippen molar-refractivity contribution in [1.82, 2.24) is 4.31 Å². The lowest BCUT2D eigenvalue weighted by atomic mass is 10.2. The molecule has 0 saturated heterocycles. The van der Waals surface area contributed by atoms with E-state index in [9.17, 15) is 8.42 Å². The lowest BCUT2D eigenvalue weighted by Gasteiger charge is -2.13. The topological polar surface area (TPSA) is 75.4 Å². The fourth-order valence-corrected chi connectivity index (χ4v) is 2.09. The molecule has 0 aliphatic carbocycles. The molecule has 0 radical (unpaired) electrons. The van der Waals surface area contributed by atoms with E-state index < -0.39 is 10.0 Å². The van der Waals surface area contributed by atoms with Gasteiger partial charge in [0.05, 0.1) is 22.2 Å². The van der Waals surface area contributed by atoms with Crippen LogP contribution in [-0.4, -0.2) is 39.1 Å². The van der Waals surface area contributed by atoms with Gasteiger partial charge in [-0.2, -0.15) is 0 Å². The Morgan fingerprint density at radius 3 is 2.65 bits per heavy atom. The van der Waals surface area contributed by atoms with Crippen LogP contribution >= 0.6 is 11.6 Å². The van der Waals surface area contributed by atoms with Crippen molar-refractivity contribution in [3.05, 3.63) is 23.2 Å². The summed E-state index contributed by atoms with van der Waals surface area (Å²) in [4.78, 5) is 0. The molecule has 0 fully saturated rings. The Hall–Kier alpha value is -0.980. The first-order valence-corrected chi connectivity index (χ1v) is 7.01. The summed E-state index contributed by atoms with van der Waals surface area (Å²) in [6.07, 6.45) is 0. The Kier molecular flexibility index (Phi) is 4.62. The van der Waals surface area contributed by atoms with Gasteiger partial charge in [-0.25, -0.2) is 12.7 Å². The van der Waals surface area contributed by atoms with Crippen LogP contribution in [0.1, 0.15) is 0 Å². The first kappa shape index (κ1) is 14.1. The van der Waals surface area contributed by atoms with Gasteiger partial charge in [-0.3, -0.25) is 0 Å². The smallest absolute Gasteiger partial charge is 0.215 e. The number of benzene rings is 1. The lowest BCUT2D eigenvalue weighted by molar-refractivity contribution is 0.521. The van der Waals surface area contributed by atoms with Crippen LogP contribution in [0, 0.1) is 0 Å². The van der Waals surface area contributed by atoms with Gasteiger partial charge < -0.3 is 11.1 Å². The number of nitrogens with zero attached hydrogens (tertiary/aromatic N) is 1. The van der Waals surface area contributed by atoms with E-state index in [1.807, 2.05) is 0 Å². The van der Waals surface area contributed by atoms with Gasteiger partial charge in [-0.05, 0) is 12.1 Å². The zero-order valence-corrected chi connectivity index (χ0v) is 11.3. The molecule has 1 aromatic rings. The number of nitrogens with two attached hydrogens (primary N) is 1. The molecule has 96 valence electrons. The third kappa shape index (κ3) is 3.76. The van der Waals surface area contributed by atoms with Crippen LogP contribution in [0.15, 0.2) is 18.2 Å². The quantitative estimate of drug-likeness (QED) is 0.794. The number of anilines is 2. The van der Waals surface area contributed by atoms with Gasteiger partial charge in [-0.15, -0.1) is 0 Å². The van der Waals surface area contributed by atoms with Crippen LogP contribution < -0.4 is 11.1 Å². The maximum atomic E-state index is 11.5. The number of nitrogens with one attached hydrogen (secondary N) is 1. The number of nitrogen functional groups attached to an aromatic ring is 1. The second kappa shape index (κ2) is 5.57. The van der Waals surface area contributed by atoms with E-state index >= 15 is 0 Å². The zero-order chi connectivity index (χ0) is 13.1. The van der Waals surface area contributed by atoms with Crippen molar-refractivity contribution >= 4 is 33.0 Å². The number of para-hydroxylation sites is 1. The van der Waals surface area contributed by atoms with Crippen molar-refractivity contribution in [2.75, 3.05) is 37.4 Å². The van der Waals surface area contributed by atoms with Crippen molar-refractivity contribution in [3.63, 3.8) is 0 Å². The molecule has 0 aliphatic rings. The number of rotatable bonds is 5. The largest absolute Gasteiger partial charge is 0.396 e. The van der Waals surface area contributed by atoms with E-state index in [4.69, 9.17) is 17.3 Å². The molecule has 0 atom stereocenters. The van der Waals surface area contributed by atoms with E-state index in [0.29, 0.717) is 16.4 Å². The molecule has 3 N–H and O–H groups in total. The predicted molar refractivity (Wildman–Crippen MR) is 71.8 cm³/mol. The molecule has 0 amide bonds. The third-order valence-corrected chi connectivity index (χ3v) is 4.45. The molecule has 7 heteroatoms. The van der Waals surface area contributed by atoms with Crippen LogP contribution in [0.3, 0.4) is 0 Å². The summed E-state index contributed by atoms with van der Waals surface area (Å²) >= 11 is 5.84. The van der Waals surface area contributed by atoms with Crippen molar-refractivity contribution < 1.29 is 8.42 Å².